The van der Waals surface area contributed by atoms with E-state index in [4.69, 9.17) is 42.2 Å². The van der Waals surface area contributed by atoms with Gasteiger partial charge in [0, 0.05) is 39.4 Å². The second kappa shape index (κ2) is 28.4. The van der Waals surface area contributed by atoms with E-state index in [1.54, 1.807) is 21.5 Å². The van der Waals surface area contributed by atoms with E-state index in [1.807, 2.05) is 0 Å². The van der Waals surface area contributed by atoms with Crippen molar-refractivity contribution in [1.29, 1.82) is 0 Å². The number of hydrogen-bond acceptors (Lipinski definition) is 10. The molecule has 0 radical (unpaired) electrons. The standard InChI is InChI=1S/C35H56ClNO4Si.C31H46ClNO5.ClI.Na/c1-9-24-28-18-21(2)12-15-35(28,5)27-13-16-34(4)25(10-11-26(34)30(27)31(24)41-42(6,7)8)22(3)14-17-40-32-29(36)19-23(20-37-32)33(38)39;1-5-20-24-15-19(34)8-11-31(24,4)23-9-12-30(3)21(6-7-22(30)26(23)27(20)35)17(2)10-13-38-28-25(32)14-18(16-33-28)29(36)37;1-2;/h19-22,24-28,30-31H,9-18H2,1-8H3,(H,38,39);14,16-17,19-24,26-27,34-35H,5-13,15H2,1-4H3,(H,36,37);;/q;;;+1/p-1/t21-,22-,24-,25-,26+,27+,28+,30+,31-,34-,35-;17-,19-,20-,21-,22+,23+,24+,26+,27-,30-,31-;;/m11../s1. The van der Waals surface area contributed by atoms with Gasteiger partial charge < -0.3 is 39.1 Å². The van der Waals surface area contributed by atoms with Crippen LogP contribution >= 0.6 is 53.6 Å². The fourth-order valence-corrected chi connectivity index (χ4v) is 22.6. The Hall–Kier alpha value is -0.463. The number of pyridine rings is 2. The molecule has 11 nitrogen and oxygen atoms in total. The Bertz CT molecular complexity index is 2530. The number of carboxylic acids is 2. The molecular formula is C66H101Cl3IN2NaO9Si. The fraction of sp³-hybridized carbons (Fsp3) is 0.818. The van der Waals surface area contributed by atoms with E-state index < -0.39 is 20.3 Å². The van der Waals surface area contributed by atoms with Crippen LogP contribution in [-0.4, -0.2) is 77.1 Å². The minimum absolute atomic E-state index is 0. The first kappa shape index (κ1) is 70.0. The number of carbonyl (C=O) groups is 2. The second-order valence-corrected chi connectivity index (χ2v) is 35.0. The zero-order valence-electron chi connectivity index (χ0n) is 52.5. The third kappa shape index (κ3) is 13.9. The van der Waals surface area contributed by atoms with Crippen LogP contribution in [0, 0.1) is 110 Å². The number of aromatic nitrogens is 2. The normalized spacial score (nSPS) is 40.3. The van der Waals surface area contributed by atoms with Crippen LogP contribution in [0.4, 0.5) is 0 Å². The molecule has 10 rings (SSSR count). The number of carboxylic acid groups (broad SMARTS) is 2. The van der Waals surface area contributed by atoms with Gasteiger partial charge in [0.2, 0.25) is 11.8 Å². The van der Waals surface area contributed by atoms with Crippen LogP contribution in [0.25, 0.3) is 0 Å². The molecule has 83 heavy (non-hydrogen) atoms. The van der Waals surface area contributed by atoms with Crippen molar-refractivity contribution in [3.05, 3.63) is 45.7 Å². The van der Waals surface area contributed by atoms with E-state index in [9.17, 15) is 24.9 Å². The maximum atomic E-state index is 11.9. The first-order valence-corrected chi connectivity index (χ1v) is 38.8. The number of carbonyl (C=O) groups excluding carboxylic acids is 1. The molecule has 22 atom stereocenters. The average molecular weight is 1350 g/mol. The largest absolute Gasteiger partial charge is 1.00 e. The number of nitrogens with zero attached hydrogens (tertiary/aromatic N) is 2. The molecular weight excluding hydrogens is 1250 g/mol. The van der Waals surface area contributed by atoms with Crippen molar-refractivity contribution in [3.63, 3.8) is 0 Å². The van der Waals surface area contributed by atoms with Gasteiger partial charge in [-0.05, 0) is 247 Å². The summed E-state index contributed by atoms with van der Waals surface area (Å²) in [5, 5.41) is 43.1. The molecule has 3 N–H and O–H groups in total. The summed E-state index contributed by atoms with van der Waals surface area (Å²) in [6.07, 6.45) is 23.6. The van der Waals surface area contributed by atoms with Gasteiger partial charge in [0.1, 0.15) is 10.0 Å². The van der Waals surface area contributed by atoms with Gasteiger partial charge in [-0.2, -0.15) is 0 Å². The molecule has 8 fully saturated rings. The topological polar surface area (TPSA) is 171 Å². The third-order valence-corrected chi connectivity index (χ3v) is 26.3. The molecule has 0 bridgehead atoms. The minimum Gasteiger partial charge on any atom is -0.545 e. The van der Waals surface area contributed by atoms with E-state index in [2.05, 4.69) is 101 Å². The summed E-state index contributed by atoms with van der Waals surface area (Å²) < 4.78 is 19.2. The van der Waals surface area contributed by atoms with Gasteiger partial charge in [-0.15, -0.1) is 0 Å². The molecule has 0 aliphatic heterocycles. The molecule has 462 valence electrons. The van der Waals surface area contributed by atoms with E-state index in [1.165, 1.54) is 102 Å². The minimum atomic E-state index is -1.72. The van der Waals surface area contributed by atoms with Crippen LogP contribution < -0.4 is 44.1 Å². The number of rotatable bonds is 16. The van der Waals surface area contributed by atoms with E-state index in [-0.39, 0.29) is 85.6 Å². The summed E-state index contributed by atoms with van der Waals surface area (Å²) in [4.78, 5) is 30.5. The quantitative estimate of drug-likeness (QED) is 0.108. The van der Waals surface area contributed by atoms with Crippen LogP contribution in [0.5, 0.6) is 11.8 Å². The Morgan fingerprint density at radius 3 is 1.60 bits per heavy atom. The zero-order chi connectivity index (χ0) is 60.0. The summed E-state index contributed by atoms with van der Waals surface area (Å²) in [6, 6.07) is 2.74. The van der Waals surface area contributed by atoms with Gasteiger partial charge in [-0.3, -0.25) is 0 Å². The maximum absolute atomic E-state index is 11.9. The number of aliphatic hydroxyl groups is 2. The molecule has 2 aromatic heterocycles. The van der Waals surface area contributed by atoms with Crippen molar-refractivity contribution < 1.29 is 73.5 Å². The predicted molar refractivity (Wildman–Crippen MR) is 337 cm³/mol. The third-order valence-electron chi connectivity index (χ3n) is 24.8. The number of fused-ring (bicyclic) bond motifs is 10. The van der Waals surface area contributed by atoms with Gasteiger partial charge in [0.05, 0.1) is 43.1 Å². The van der Waals surface area contributed by atoms with Crippen molar-refractivity contribution in [2.45, 2.75) is 216 Å². The monoisotopic (exact) mass is 1350 g/mol. The predicted octanol–water partition coefficient (Wildman–Crippen LogP) is 13.3. The SMILES string of the molecule is CC[C@H]1[C@@H](O)[C@@H]2[C@H](CC[C@]3(C)[C@@H]([C@H](C)CCOc4ncc(C(=O)O)cc4Cl)CC[C@@H]23)[C@@]2(C)CC[C@@H](O)C[C@@H]12.CC[C@H]1[C@@H](O[Si](C)(C)C)[C@@H]2[C@H](CC[C@]3(C)[C@@H]([C@H](C)CCOc4ncc(C(=O)[O-])cc4Cl)CC[C@@H]23)[C@@]2(C)CC[C@@H](C)C[C@@H]12.ClI.[Na+]. The van der Waals surface area contributed by atoms with Gasteiger partial charge in [-0.1, -0.05) is 105 Å². The number of hydrogen-bond donors (Lipinski definition) is 3. The van der Waals surface area contributed by atoms with E-state index in [0.29, 0.717) is 95.2 Å². The van der Waals surface area contributed by atoms with Gasteiger partial charge in [-0.25, -0.2) is 14.8 Å². The summed E-state index contributed by atoms with van der Waals surface area (Å²) >= 11 is 14.1. The summed E-state index contributed by atoms with van der Waals surface area (Å²) in [6.45, 7) is 30.5. The molecule has 0 unspecified atom stereocenters. The number of aromatic carboxylic acids is 2. The van der Waals surface area contributed by atoms with Gasteiger partial charge in [0.15, 0.2) is 8.32 Å². The van der Waals surface area contributed by atoms with Crippen molar-refractivity contribution in [1.82, 2.24) is 9.97 Å². The number of halogens is 4. The van der Waals surface area contributed by atoms with E-state index in [0.717, 1.165) is 62.2 Å². The van der Waals surface area contributed by atoms with Crippen molar-refractivity contribution in [2.75, 3.05) is 13.2 Å². The summed E-state index contributed by atoms with van der Waals surface area (Å²) in [5.74, 6) is 7.16. The average Bonchev–Trinajstić information content (AvgIpc) is 1.80. The van der Waals surface area contributed by atoms with E-state index >= 15 is 0 Å². The first-order valence-electron chi connectivity index (χ1n) is 31.9. The van der Waals surface area contributed by atoms with Crippen LogP contribution in [0.15, 0.2) is 24.5 Å². The molecule has 8 saturated carbocycles. The first-order chi connectivity index (χ1) is 38.7. The number of aliphatic hydroxyl groups excluding tert-OH is 2. The molecule has 8 aliphatic carbocycles. The van der Waals surface area contributed by atoms with Gasteiger partial charge in [0.25, 0.3) is 0 Å². The molecule has 0 aromatic carbocycles. The summed E-state index contributed by atoms with van der Waals surface area (Å²) in [7, 11) is 2.89. The molecule has 2 aromatic rings. The molecule has 0 spiro atoms. The molecule has 8 aliphatic rings. The molecule has 0 amide bonds. The zero-order valence-corrected chi connectivity index (χ0v) is 60.0. The van der Waals surface area contributed by atoms with Gasteiger partial charge >= 0.3 is 35.5 Å². The Labute approximate surface area is 549 Å². The fourth-order valence-electron chi connectivity index (χ4n) is 21.0. The van der Waals surface area contributed by atoms with Crippen molar-refractivity contribution in [3.8, 4) is 11.8 Å². The van der Waals surface area contributed by atoms with Crippen LogP contribution in [0.2, 0.25) is 29.7 Å². The Morgan fingerprint density at radius 2 is 1.12 bits per heavy atom. The summed E-state index contributed by atoms with van der Waals surface area (Å²) in [5.41, 5.74) is 1.25. The number of ether oxygens (including phenoxy) is 2. The smallest absolute Gasteiger partial charge is 0.545 e. The van der Waals surface area contributed by atoms with Crippen LogP contribution in [-0.2, 0) is 4.43 Å². The van der Waals surface area contributed by atoms with Crippen molar-refractivity contribution in [2.24, 2.45) is 110 Å². The Balaban J connectivity index is 0.000000230. The second-order valence-electron chi connectivity index (χ2n) is 29.7. The Kier molecular flexibility index (Phi) is 23.9. The van der Waals surface area contributed by atoms with Crippen molar-refractivity contribution >= 4 is 73.8 Å². The maximum Gasteiger partial charge on any atom is 1.00 e. The molecule has 2 heterocycles. The molecule has 0 saturated heterocycles. The Morgan fingerprint density at radius 1 is 0.675 bits per heavy atom. The molecule has 17 heteroatoms. The van der Waals surface area contributed by atoms with Crippen LogP contribution in [0.3, 0.4) is 0 Å². The van der Waals surface area contributed by atoms with Crippen LogP contribution in [0.1, 0.15) is 199 Å².